The van der Waals surface area contributed by atoms with Crippen molar-refractivity contribution in [3.05, 3.63) is 69.7 Å². The van der Waals surface area contributed by atoms with Crippen LogP contribution in [0.4, 0.5) is 0 Å². The van der Waals surface area contributed by atoms with Gasteiger partial charge in [-0.3, -0.25) is 4.79 Å². The van der Waals surface area contributed by atoms with Crippen molar-refractivity contribution >= 4 is 35.1 Å². The first kappa shape index (κ1) is 21.2. The second-order valence-electron chi connectivity index (χ2n) is 7.62. The van der Waals surface area contributed by atoms with Crippen molar-refractivity contribution in [2.45, 2.75) is 38.0 Å². The Kier molecular flexibility index (Phi) is 6.32. The quantitative estimate of drug-likeness (QED) is 0.586. The van der Waals surface area contributed by atoms with E-state index >= 15 is 0 Å². The average Bonchev–Trinajstić information content (AvgIpc) is 3.55. The van der Waals surface area contributed by atoms with E-state index in [1.54, 1.807) is 30.0 Å². The molecule has 0 radical (unpaired) electrons. The van der Waals surface area contributed by atoms with Gasteiger partial charge in [0.15, 0.2) is 0 Å². The van der Waals surface area contributed by atoms with Crippen molar-refractivity contribution in [2.75, 3.05) is 13.2 Å². The van der Waals surface area contributed by atoms with E-state index in [1.807, 2.05) is 30.3 Å². The number of morpholine rings is 1. The molecule has 158 valence electrons. The first-order valence-corrected chi connectivity index (χ1v) is 10.9. The third kappa shape index (κ3) is 4.34. The molecule has 0 N–H and O–H groups in total. The van der Waals surface area contributed by atoms with Crippen LogP contribution in [-0.4, -0.2) is 36.0 Å². The Labute approximate surface area is 185 Å². The number of halogens is 2. The molecular formula is C23H23Cl2NO4. The maximum Gasteiger partial charge on any atom is 0.329 e. The van der Waals surface area contributed by atoms with Gasteiger partial charge in [0.1, 0.15) is 18.8 Å². The maximum absolute atomic E-state index is 13.1. The van der Waals surface area contributed by atoms with Gasteiger partial charge < -0.3 is 14.4 Å². The van der Waals surface area contributed by atoms with Crippen LogP contribution in [0.1, 0.15) is 43.0 Å². The summed E-state index contributed by atoms with van der Waals surface area (Å²) in [5, 5.41) is 1.18. The van der Waals surface area contributed by atoms with E-state index in [0.29, 0.717) is 10.0 Å². The number of esters is 1. The third-order valence-corrected chi connectivity index (χ3v) is 6.03. The lowest BCUT2D eigenvalue weighted by Gasteiger charge is -2.44. The van der Waals surface area contributed by atoms with Gasteiger partial charge in [0.2, 0.25) is 5.91 Å². The molecule has 3 atom stereocenters. The minimum absolute atomic E-state index is 0.0981. The number of hydrogen-bond acceptors (Lipinski definition) is 4. The fourth-order valence-corrected chi connectivity index (χ4v) is 4.41. The molecule has 0 unspecified atom stereocenters. The molecule has 1 saturated carbocycles. The standard InChI is InChI=1S/C23H23Cl2NO4/c1-2-29-23(28)21(15-6-7-15)26-19(27)13-30-22(16-4-3-5-18(25)12-16)20(26)14-8-10-17(24)11-9-14/h3-5,8-12,15,20-22H,2,6-7,13H2,1H3/t20-,21+,22+/m0/s1. The van der Waals surface area contributed by atoms with Gasteiger partial charge in [0, 0.05) is 10.0 Å². The van der Waals surface area contributed by atoms with Crippen LogP contribution in [-0.2, 0) is 19.1 Å². The Balaban J connectivity index is 1.81. The fourth-order valence-electron chi connectivity index (χ4n) is 4.09. The Morgan fingerprint density at radius 2 is 1.87 bits per heavy atom. The van der Waals surface area contributed by atoms with E-state index in [2.05, 4.69) is 0 Å². The molecule has 2 fully saturated rings. The summed E-state index contributed by atoms with van der Waals surface area (Å²) in [7, 11) is 0. The summed E-state index contributed by atoms with van der Waals surface area (Å²) in [6.07, 6.45) is 1.31. The van der Waals surface area contributed by atoms with Crippen molar-refractivity contribution in [1.82, 2.24) is 4.90 Å². The van der Waals surface area contributed by atoms with Crippen LogP contribution in [0, 0.1) is 5.92 Å². The van der Waals surface area contributed by atoms with Crippen LogP contribution >= 0.6 is 23.2 Å². The predicted octanol–water partition coefficient (Wildman–Crippen LogP) is 4.98. The van der Waals surface area contributed by atoms with Crippen LogP contribution < -0.4 is 0 Å². The van der Waals surface area contributed by atoms with Crippen molar-refractivity contribution < 1.29 is 19.1 Å². The van der Waals surface area contributed by atoms with Gasteiger partial charge in [-0.05, 0) is 61.1 Å². The largest absolute Gasteiger partial charge is 0.464 e. The molecule has 1 saturated heterocycles. The number of ether oxygens (including phenoxy) is 2. The molecule has 4 rings (SSSR count). The topological polar surface area (TPSA) is 55.8 Å². The van der Waals surface area contributed by atoms with E-state index in [4.69, 9.17) is 32.7 Å². The first-order chi connectivity index (χ1) is 14.5. The molecule has 5 nitrogen and oxygen atoms in total. The molecule has 30 heavy (non-hydrogen) atoms. The van der Waals surface area contributed by atoms with Crippen LogP contribution in [0.3, 0.4) is 0 Å². The molecular weight excluding hydrogens is 425 g/mol. The third-order valence-electron chi connectivity index (χ3n) is 5.55. The summed E-state index contributed by atoms with van der Waals surface area (Å²) in [6.45, 7) is 1.93. The number of amides is 1. The van der Waals surface area contributed by atoms with E-state index in [0.717, 1.165) is 24.0 Å². The maximum atomic E-state index is 13.1. The highest BCUT2D eigenvalue weighted by Crippen LogP contribution is 2.46. The number of carbonyl (C=O) groups is 2. The van der Waals surface area contributed by atoms with Crippen molar-refractivity contribution in [3.8, 4) is 0 Å². The lowest BCUT2D eigenvalue weighted by molar-refractivity contribution is -0.174. The summed E-state index contributed by atoms with van der Waals surface area (Å²) in [5.74, 6) is -0.488. The molecule has 2 aromatic carbocycles. The summed E-state index contributed by atoms with van der Waals surface area (Å²) >= 11 is 12.3. The predicted molar refractivity (Wildman–Crippen MR) is 114 cm³/mol. The number of rotatable bonds is 6. The van der Waals surface area contributed by atoms with Gasteiger partial charge in [-0.25, -0.2) is 4.79 Å². The summed E-state index contributed by atoms with van der Waals surface area (Å²) in [6, 6.07) is 13.6. The van der Waals surface area contributed by atoms with Gasteiger partial charge in [-0.1, -0.05) is 47.5 Å². The Morgan fingerprint density at radius 3 is 2.50 bits per heavy atom. The van der Waals surface area contributed by atoms with Gasteiger partial charge in [0.05, 0.1) is 12.6 Å². The number of benzene rings is 2. The molecule has 0 bridgehead atoms. The molecule has 1 amide bonds. The highest BCUT2D eigenvalue weighted by Gasteiger charge is 2.50. The van der Waals surface area contributed by atoms with Crippen molar-refractivity contribution in [2.24, 2.45) is 5.92 Å². The fraction of sp³-hybridized carbons (Fsp3) is 0.391. The Morgan fingerprint density at radius 1 is 1.13 bits per heavy atom. The zero-order valence-corrected chi connectivity index (χ0v) is 18.1. The van der Waals surface area contributed by atoms with E-state index < -0.39 is 18.2 Å². The normalized spacial score (nSPS) is 22.6. The Hall–Kier alpha value is -2.08. The summed E-state index contributed by atoms with van der Waals surface area (Å²) in [5.41, 5.74) is 1.69. The first-order valence-electron chi connectivity index (χ1n) is 10.1. The smallest absolute Gasteiger partial charge is 0.329 e. The second-order valence-corrected chi connectivity index (χ2v) is 8.49. The number of nitrogens with zero attached hydrogens (tertiary/aromatic N) is 1. The van der Waals surface area contributed by atoms with E-state index in [1.165, 1.54) is 0 Å². The molecule has 1 heterocycles. The molecule has 2 aromatic rings. The second kappa shape index (κ2) is 8.96. The van der Waals surface area contributed by atoms with Crippen LogP contribution in [0.2, 0.25) is 10.0 Å². The minimum Gasteiger partial charge on any atom is -0.464 e. The van der Waals surface area contributed by atoms with Gasteiger partial charge in [-0.2, -0.15) is 0 Å². The summed E-state index contributed by atoms with van der Waals surface area (Å²) < 4.78 is 11.4. The van der Waals surface area contributed by atoms with Gasteiger partial charge in [-0.15, -0.1) is 0 Å². The minimum atomic E-state index is -0.635. The lowest BCUT2D eigenvalue weighted by atomic mass is 9.90. The SMILES string of the molecule is CCOC(=O)[C@@H](C1CC1)N1C(=O)CO[C@H](c2cccc(Cl)c2)[C@@H]1c1ccc(Cl)cc1. The number of carbonyl (C=O) groups excluding carboxylic acids is 2. The monoisotopic (exact) mass is 447 g/mol. The lowest BCUT2D eigenvalue weighted by Crippen LogP contribution is -2.54. The van der Waals surface area contributed by atoms with E-state index in [-0.39, 0.29) is 31.0 Å². The van der Waals surface area contributed by atoms with Crippen molar-refractivity contribution in [3.63, 3.8) is 0 Å². The van der Waals surface area contributed by atoms with Crippen molar-refractivity contribution in [1.29, 1.82) is 0 Å². The van der Waals surface area contributed by atoms with Gasteiger partial charge >= 0.3 is 5.97 Å². The number of hydrogen-bond donors (Lipinski definition) is 0. The molecule has 1 aliphatic carbocycles. The average molecular weight is 448 g/mol. The molecule has 1 aliphatic heterocycles. The van der Waals surface area contributed by atoms with Crippen LogP contribution in [0.5, 0.6) is 0 Å². The van der Waals surface area contributed by atoms with Gasteiger partial charge in [0.25, 0.3) is 0 Å². The molecule has 2 aliphatic rings. The highest BCUT2D eigenvalue weighted by molar-refractivity contribution is 6.30. The highest BCUT2D eigenvalue weighted by atomic mass is 35.5. The van der Waals surface area contributed by atoms with Crippen LogP contribution in [0.15, 0.2) is 48.5 Å². The summed E-state index contributed by atoms with van der Waals surface area (Å²) in [4.78, 5) is 27.7. The molecule has 0 aromatic heterocycles. The zero-order valence-electron chi connectivity index (χ0n) is 16.6. The molecule has 7 heteroatoms. The van der Waals surface area contributed by atoms with E-state index in [9.17, 15) is 9.59 Å². The zero-order chi connectivity index (χ0) is 21.3. The Bertz CT molecular complexity index is 929. The molecule has 0 spiro atoms. The van der Waals surface area contributed by atoms with Crippen LogP contribution in [0.25, 0.3) is 0 Å².